The quantitative estimate of drug-likeness (QED) is 0.673. The molecular formula is C9H18N2O. The van der Waals surface area contributed by atoms with E-state index in [9.17, 15) is 4.79 Å². The number of hydrogen-bond donors (Lipinski definition) is 1. The summed E-state index contributed by atoms with van der Waals surface area (Å²) in [6.07, 6.45) is 3.70. The van der Waals surface area contributed by atoms with Crippen LogP contribution in [-0.2, 0) is 4.79 Å². The van der Waals surface area contributed by atoms with E-state index >= 15 is 0 Å². The summed E-state index contributed by atoms with van der Waals surface area (Å²) in [7, 11) is 3.57. The minimum atomic E-state index is 0.156. The molecule has 1 fully saturated rings. The topological polar surface area (TPSA) is 32.3 Å². The summed E-state index contributed by atoms with van der Waals surface area (Å²) in [5.41, 5.74) is 0.242. The van der Waals surface area contributed by atoms with Crippen molar-refractivity contribution in [1.82, 2.24) is 10.2 Å². The number of likely N-dealkylation sites (N-methyl/N-ethyl adjacent to an activating group) is 1. The highest BCUT2D eigenvalue weighted by molar-refractivity contribution is 5.77. The molecule has 1 amide bonds. The van der Waals surface area contributed by atoms with Gasteiger partial charge in [0.1, 0.15) is 0 Å². The van der Waals surface area contributed by atoms with Crippen LogP contribution in [0.15, 0.2) is 0 Å². The fraction of sp³-hybridized carbons (Fsp3) is 0.889. The Kier molecular flexibility index (Phi) is 2.73. The second-order valence-corrected chi connectivity index (χ2v) is 4.06. The van der Waals surface area contributed by atoms with Crippen molar-refractivity contribution in [2.75, 3.05) is 20.6 Å². The van der Waals surface area contributed by atoms with E-state index in [-0.39, 0.29) is 11.4 Å². The summed E-state index contributed by atoms with van der Waals surface area (Å²) >= 11 is 0. The maximum Gasteiger partial charge on any atom is 0.236 e. The standard InChI is InChI=1S/C9H18N2O/c1-9(5-4-6-9)10-7-8(12)11(2)3/h10H,4-7H2,1-3H3. The van der Waals surface area contributed by atoms with Gasteiger partial charge in [0.15, 0.2) is 0 Å². The number of hydrogen-bond acceptors (Lipinski definition) is 2. The minimum Gasteiger partial charge on any atom is -0.348 e. The first-order valence-electron chi connectivity index (χ1n) is 4.49. The molecule has 0 heterocycles. The zero-order valence-corrected chi connectivity index (χ0v) is 8.18. The Morgan fingerprint density at radius 2 is 2.08 bits per heavy atom. The van der Waals surface area contributed by atoms with Crippen LogP contribution in [0.1, 0.15) is 26.2 Å². The van der Waals surface area contributed by atoms with Crippen molar-refractivity contribution in [1.29, 1.82) is 0 Å². The first-order chi connectivity index (χ1) is 5.53. The molecule has 0 spiro atoms. The highest BCUT2D eigenvalue weighted by Gasteiger charge is 2.31. The highest BCUT2D eigenvalue weighted by atomic mass is 16.2. The number of nitrogens with zero attached hydrogens (tertiary/aromatic N) is 1. The van der Waals surface area contributed by atoms with Crippen LogP contribution in [-0.4, -0.2) is 37.0 Å². The van der Waals surface area contributed by atoms with E-state index in [0.29, 0.717) is 6.54 Å². The number of carbonyl (C=O) groups excluding carboxylic acids is 1. The number of rotatable bonds is 3. The molecule has 0 unspecified atom stereocenters. The normalized spacial score (nSPS) is 19.9. The summed E-state index contributed by atoms with van der Waals surface area (Å²) in [6.45, 7) is 2.66. The van der Waals surface area contributed by atoms with Crippen LogP contribution in [0.2, 0.25) is 0 Å². The molecule has 0 atom stereocenters. The van der Waals surface area contributed by atoms with Gasteiger partial charge in [0.2, 0.25) is 5.91 Å². The van der Waals surface area contributed by atoms with Crippen molar-refractivity contribution < 1.29 is 4.79 Å². The Morgan fingerprint density at radius 1 is 1.50 bits per heavy atom. The Labute approximate surface area is 74.1 Å². The van der Waals surface area contributed by atoms with E-state index in [2.05, 4.69) is 12.2 Å². The third-order valence-electron chi connectivity index (χ3n) is 2.62. The molecule has 0 bridgehead atoms. The van der Waals surface area contributed by atoms with Crippen molar-refractivity contribution >= 4 is 5.91 Å². The summed E-state index contributed by atoms with van der Waals surface area (Å²) < 4.78 is 0. The average molecular weight is 170 g/mol. The van der Waals surface area contributed by atoms with Crippen molar-refractivity contribution in [3.05, 3.63) is 0 Å². The lowest BCUT2D eigenvalue weighted by atomic mass is 9.78. The largest absolute Gasteiger partial charge is 0.348 e. The molecule has 12 heavy (non-hydrogen) atoms. The van der Waals surface area contributed by atoms with Gasteiger partial charge in [-0.1, -0.05) is 0 Å². The van der Waals surface area contributed by atoms with E-state index in [1.807, 2.05) is 0 Å². The van der Waals surface area contributed by atoms with E-state index < -0.39 is 0 Å². The van der Waals surface area contributed by atoms with Crippen LogP contribution in [0.5, 0.6) is 0 Å². The van der Waals surface area contributed by atoms with E-state index in [1.165, 1.54) is 19.3 Å². The van der Waals surface area contributed by atoms with Gasteiger partial charge in [-0.05, 0) is 26.2 Å². The Balaban J connectivity index is 2.21. The zero-order chi connectivity index (χ0) is 9.19. The fourth-order valence-electron chi connectivity index (χ4n) is 1.33. The third-order valence-corrected chi connectivity index (χ3v) is 2.62. The van der Waals surface area contributed by atoms with Crippen LogP contribution in [0, 0.1) is 0 Å². The van der Waals surface area contributed by atoms with Crippen LogP contribution >= 0.6 is 0 Å². The summed E-state index contributed by atoms with van der Waals surface area (Å²) in [6, 6.07) is 0. The van der Waals surface area contributed by atoms with Gasteiger partial charge < -0.3 is 10.2 Å². The van der Waals surface area contributed by atoms with Crippen molar-refractivity contribution in [3.63, 3.8) is 0 Å². The number of carbonyl (C=O) groups is 1. The van der Waals surface area contributed by atoms with Crippen LogP contribution in [0.25, 0.3) is 0 Å². The van der Waals surface area contributed by atoms with Gasteiger partial charge in [0.05, 0.1) is 6.54 Å². The van der Waals surface area contributed by atoms with Crippen LogP contribution in [0.3, 0.4) is 0 Å². The number of nitrogens with one attached hydrogen (secondary N) is 1. The van der Waals surface area contributed by atoms with E-state index in [1.54, 1.807) is 19.0 Å². The van der Waals surface area contributed by atoms with Gasteiger partial charge in [-0.2, -0.15) is 0 Å². The Morgan fingerprint density at radius 3 is 2.42 bits per heavy atom. The van der Waals surface area contributed by atoms with Crippen molar-refractivity contribution in [2.24, 2.45) is 0 Å². The monoisotopic (exact) mass is 170 g/mol. The molecule has 0 saturated heterocycles. The Bertz CT molecular complexity index is 173. The maximum absolute atomic E-state index is 11.2. The Hall–Kier alpha value is -0.570. The first-order valence-corrected chi connectivity index (χ1v) is 4.49. The van der Waals surface area contributed by atoms with E-state index in [4.69, 9.17) is 0 Å². The summed E-state index contributed by atoms with van der Waals surface area (Å²) in [5.74, 6) is 0.156. The molecule has 3 heteroatoms. The average Bonchev–Trinajstić information content (AvgIpc) is 1.96. The molecule has 0 aromatic heterocycles. The smallest absolute Gasteiger partial charge is 0.236 e. The predicted molar refractivity (Wildman–Crippen MR) is 49.0 cm³/mol. The van der Waals surface area contributed by atoms with Crippen molar-refractivity contribution in [2.45, 2.75) is 31.7 Å². The molecule has 1 rings (SSSR count). The molecule has 1 saturated carbocycles. The molecule has 0 aromatic carbocycles. The molecule has 1 N–H and O–H groups in total. The number of amides is 1. The maximum atomic E-state index is 11.2. The third kappa shape index (κ3) is 2.21. The van der Waals surface area contributed by atoms with Crippen LogP contribution < -0.4 is 5.32 Å². The summed E-state index contributed by atoms with van der Waals surface area (Å²) in [4.78, 5) is 12.8. The van der Waals surface area contributed by atoms with Crippen molar-refractivity contribution in [3.8, 4) is 0 Å². The molecule has 1 aliphatic carbocycles. The van der Waals surface area contributed by atoms with Gasteiger partial charge in [0, 0.05) is 19.6 Å². The van der Waals surface area contributed by atoms with Gasteiger partial charge >= 0.3 is 0 Å². The first kappa shape index (κ1) is 9.52. The van der Waals surface area contributed by atoms with Crippen LogP contribution in [0.4, 0.5) is 0 Å². The molecule has 1 aliphatic rings. The highest BCUT2D eigenvalue weighted by Crippen LogP contribution is 2.30. The minimum absolute atomic E-state index is 0.156. The lowest BCUT2D eigenvalue weighted by molar-refractivity contribution is -0.128. The summed E-state index contributed by atoms with van der Waals surface area (Å²) in [5, 5.41) is 3.29. The van der Waals surface area contributed by atoms with Gasteiger partial charge in [-0.25, -0.2) is 0 Å². The molecular weight excluding hydrogens is 152 g/mol. The molecule has 70 valence electrons. The zero-order valence-electron chi connectivity index (χ0n) is 8.18. The van der Waals surface area contributed by atoms with Gasteiger partial charge in [0.25, 0.3) is 0 Å². The molecule has 0 aliphatic heterocycles. The van der Waals surface area contributed by atoms with Gasteiger partial charge in [-0.15, -0.1) is 0 Å². The molecule has 0 aromatic rings. The fourth-order valence-corrected chi connectivity index (χ4v) is 1.33. The second kappa shape index (κ2) is 3.44. The lowest BCUT2D eigenvalue weighted by Gasteiger charge is -2.39. The second-order valence-electron chi connectivity index (χ2n) is 4.06. The SMILES string of the molecule is CN(C)C(=O)CNC1(C)CCC1. The van der Waals surface area contributed by atoms with E-state index in [0.717, 1.165) is 0 Å². The molecule has 3 nitrogen and oxygen atoms in total. The predicted octanol–water partition coefficient (Wildman–Crippen LogP) is 0.607. The van der Waals surface area contributed by atoms with Gasteiger partial charge in [-0.3, -0.25) is 4.79 Å². The molecule has 0 radical (unpaired) electrons. The lowest BCUT2D eigenvalue weighted by Crippen LogP contribution is -2.51.